The lowest BCUT2D eigenvalue weighted by Gasteiger charge is -2.20. The van der Waals surface area contributed by atoms with E-state index in [1.807, 2.05) is 60.7 Å². The predicted molar refractivity (Wildman–Crippen MR) is 140 cm³/mol. The molecule has 8 heteroatoms. The van der Waals surface area contributed by atoms with Gasteiger partial charge in [-0.3, -0.25) is 9.78 Å². The van der Waals surface area contributed by atoms with Crippen molar-refractivity contribution in [1.82, 2.24) is 20.3 Å². The van der Waals surface area contributed by atoms with E-state index in [-0.39, 0.29) is 5.91 Å². The Hall–Kier alpha value is -3.65. The quantitative estimate of drug-likeness (QED) is 0.229. The average Bonchev–Trinajstić information content (AvgIpc) is 3.39. The van der Waals surface area contributed by atoms with E-state index in [0.717, 1.165) is 35.9 Å². The van der Waals surface area contributed by atoms with Crippen LogP contribution in [0, 0.1) is 0 Å². The van der Waals surface area contributed by atoms with E-state index in [1.54, 1.807) is 12.3 Å². The van der Waals surface area contributed by atoms with E-state index in [9.17, 15) is 4.79 Å². The van der Waals surface area contributed by atoms with Gasteiger partial charge in [-0.1, -0.05) is 48.2 Å². The van der Waals surface area contributed by atoms with Crippen LogP contribution in [-0.4, -0.2) is 40.5 Å². The average molecular weight is 488 g/mol. The number of aromatic nitrogens is 3. The summed E-state index contributed by atoms with van der Waals surface area (Å²) in [7, 11) is 0. The highest BCUT2D eigenvalue weighted by molar-refractivity contribution is 7.98. The van der Waals surface area contributed by atoms with Crippen molar-refractivity contribution in [2.45, 2.75) is 31.2 Å². The number of thioether (sulfide) groups is 1. The van der Waals surface area contributed by atoms with E-state index >= 15 is 0 Å². The molecule has 4 aromatic rings. The van der Waals surface area contributed by atoms with Gasteiger partial charge in [0.15, 0.2) is 10.9 Å². The van der Waals surface area contributed by atoms with Crippen LogP contribution in [-0.2, 0) is 12.2 Å². The molecule has 3 aromatic heterocycles. The van der Waals surface area contributed by atoms with Gasteiger partial charge in [-0.15, -0.1) is 0 Å². The lowest BCUT2D eigenvalue weighted by Crippen LogP contribution is -2.25. The zero-order chi connectivity index (χ0) is 24.5. The Balaban J connectivity index is 1.41. The lowest BCUT2D eigenvalue weighted by molar-refractivity contribution is 0.0925. The second-order valence-corrected chi connectivity index (χ2v) is 8.76. The number of hydrogen-bond donors (Lipinski definition) is 1. The van der Waals surface area contributed by atoms with Gasteiger partial charge in [-0.2, -0.15) is 0 Å². The first-order chi connectivity index (χ1) is 17.2. The molecule has 0 saturated heterocycles. The molecule has 0 saturated carbocycles. The van der Waals surface area contributed by atoms with E-state index in [4.69, 9.17) is 14.4 Å². The minimum Gasteiger partial charge on any atom is -0.455 e. The van der Waals surface area contributed by atoms with Crippen LogP contribution in [0.3, 0.4) is 0 Å². The lowest BCUT2D eigenvalue weighted by atomic mass is 10.1. The number of hydrogen-bond acceptors (Lipinski definition) is 7. The summed E-state index contributed by atoms with van der Waals surface area (Å²) in [6.07, 6.45) is 2.41. The van der Waals surface area contributed by atoms with E-state index in [2.05, 4.69) is 29.0 Å². The van der Waals surface area contributed by atoms with Crippen molar-refractivity contribution in [3.8, 4) is 11.3 Å². The molecule has 4 rings (SSSR count). The minimum atomic E-state index is -0.233. The maximum absolute atomic E-state index is 12.4. The third kappa shape index (κ3) is 6.70. The van der Waals surface area contributed by atoms with Gasteiger partial charge in [0.1, 0.15) is 11.6 Å². The van der Waals surface area contributed by atoms with Gasteiger partial charge in [-0.25, -0.2) is 9.97 Å². The third-order valence-electron chi connectivity index (χ3n) is 5.47. The number of nitrogens with zero attached hydrogens (tertiary/aromatic N) is 4. The molecule has 7 nitrogen and oxygen atoms in total. The number of furan rings is 1. The van der Waals surface area contributed by atoms with Crippen molar-refractivity contribution in [2.75, 3.05) is 24.5 Å². The maximum atomic E-state index is 12.4. The van der Waals surface area contributed by atoms with Crippen LogP contribution in [0.15, 0.2) is 82.5 Å². The molecular formula is C27H29N5O2S. The molecule has 0 atom stereocenters. The maximum Gasteiger partial charge on any atom is 0.287 e. The van der Waals surface area contributed by atoms with Gasteiger partial charge in [0.2, 0.25) is 0 Å². The second kappa shape index (κ2) is 12.2. The van der Waals surface area contributed by atoms with Crippen molar-refractivity contribution in [1.29, 1.82) is 0 Å². The van der Waals surface area contributed by atoms with Crippen LogP contribution in [0.25, 0.3) is 11.3 Å². The number of nitrogens with one attached hydrogen (secondary N) is 1. The Bertz CT molecular complexity index is 1230. The Morgan fingerprint density at radius 1 is 1.00 bits per heavy atom. The molecule has 0 fully saturated rings. The van der Waals surface area contributed by atoms with E-state index < -0.39 is 0 Å². The molecule has 3 heterocycles. The molecule has 180 valence electrons. The number of benzene rings is 1. The van der Waals surface area contributed by atoms with E-state index in [1.165, 1.54) is 11.8 Å². The summed E-state index contributed by atoms with van der Waals surface area (Å²) in [5.41, 5.74) is 2.87. The summed E-state index contributed by atoms with van der Waals surface area (Å²) in [5.74, 6) is 2.19. The first-order valence-electron chi connectivity index (χ1n) is 11.7. The summed E-state index contributed by atoms with van der Waals surface area (Å²) < 4.78 is 5.79. The van der Waals surface area contributed by atoms with Gasteiger partial charge in [0, 0.05) is 49.6 Å². The zero-order valence-electron chi connectivity index (χ0n) is 20.0. The van der Waals surface area contributed by atoms with Crippen molar-refractivity contribution in [3.63, 3.8) is 0 Å². The minimum absolute atomic E-state index is 0.233. The van der Waals surface area contributed by atoms with Gasteiger partial charge in [0.25, 0.3) is 5.91 Å². The van der Waals surface area contributed by atoms with Crippen LogP contribution in [0.1, 0.15) is 35.9 Å². The fraction of sp³-hybridized carbons (Fsp3) is 0.259. The fourth-order valence-corrected chi connectivity index (χ4v) is 4.34. The number of carbonyl (C=O) groups is 1. The van der Waals surface area contributed by atoms with Crippen molar-refractivity contribution in [3.05, 3.63) is 90.1 Å². The molecule has 0 bridgehead atoms. The highest BCUT2D eigenvalue weighted by Crippen LogP contribution is 2.27. The molecule has 1 aromatic carbocycles. The molecular weight excluding hydrogens is 458 g/mol. The van der Waals surface area contributed by atoms with Crippen molar-refractivity contribution >= 4 is 23.5 Å². The Morgan fingerprint density at radius 2 is 1.80 bits per heavy atom. The summed E-state index contributed by atoms with van der Waals surface area (Å²) in [5, 5.41) is 3.56. The largest absolute Gasteiger partial charge is 0.455 e. The molecule has 0 aliphatic rings. The Kier molecular flexibility index (Phi) is 8.51. The van der Waals surface area contributed by atoms with Gasteiger partial charge >= 0.3 is 0 Å². The summed E-state index contributed by atoms with van der Waals surface area (Å²) in [6, 6.07) is 21.4. The van der Waals surface area contributed by atoms with E-state index in [0.29, 0.717) is 35.4 Å². The smallest absolute Gasteiger partial charge is 0.287 e. The normalized spacial score (nSPS) is 10.8. The highest BCUT2D eigenvalue weighted by atomic mass is 32.2. The van der Waals surface area contributed by atoms with Gasteiger partial charge in [0.05, 0.1) is 11.4 Å². The molecule has 0 aliphatic carbocycles. The monoisotopic (exact) mass is 487 g/mol. The van der Waals surface area contributed by atoms with Gasteiger partial charge < -0.3 is 14.6 Å². The van der Waals surface area contributed by atoms with Gasteiger partial charge in [-0.05, 0) is 38.1 Å². The molecule has 1 amide bonds. The molecule has 0 radical (unpaired) electrons. The highest BCUT2D eigenvalue weighted by Gasteiger charge is 2.14. The molecule has 35 heavy (non-hydrogen) atoms. The number of amides is 1. The standard InChI is InChI=1S/C27H29N5O2S/c1-3-32(4-2)25-18-23(20-10-6-5-7-11-20)30-27(31-25)35-19-22-13-14-24(34-22)26(33)29-17-15-21-12-8-9-16-28-21/h5-14,16,18H,3-4,15,17,19H2,1-2H3,(H,29,33). The topological polar surface area (TPSA) is 84.2 Å². The number of anilines is 1. The second-order valence-electron chi connectivity index (χ2n) is 7.81. The van der Waals surface area contributed by atoms with Crippen LogP contribution in [0.2, 0.25) is 0 Å². The number of rotatable bonds is 11. The van der Waals surface area contributed by atoms with Crippen LogP contribution >= 0.6 is 11.8 Å². The summed E-state index contributed by atoms with van der Waals surface area (Å²) in [6.45, 7) is 6.46. The molecule has 0 spiro atoms. The first kappa shape index (κ1) is 24.5. The molecule has 0 unspecified atom stereocenters. The van der Waals surface area contributed by atoms with Crippen LogP contribution < -0.4 is 10.2 Å². The van der Waals surface area contributed by atoms with Crippen LogP contribution in [0.4, 0.5) is 5.82 Å². The van der Waals surface area contributed by atoms with Crippen LogP contribution in [0.5, 0.6) is 0 Å². The summed E-state index contributed by atoms with van der Waals surface area (Å²) >= 11 is 1.49. The molecule has 0 aliphatic heterocycles. The fourth-order valence-electron chi connectivity index (χ4n) is 3.59. The predicted octanol–water partition coefficient (Wildman–Crippen LogP) is 5.24. The Morgan fingerprint density at radius 3 is 2.54 bits per heavy atom. The first-order valence-corrected chi connectivity index (χ1v) is 12.7. The zero-order valence-corrected chi connectivity index (χ0v) is 20.8. The number of carbonyl (C=O) groups excluding carboxylic acids is 1. The third-order valence-corrected chi connectivity index (χ3v) is 6.34. The SMILES string of the molecule is CCN(CC)c1cc(-c2ccccc2)nc(SCc2ccc(C(=O)NCCc3ccccn3)o2)n1. The summed E-state index contributed by atoms with van der Waals surface area (Å²) in [4.78, 5) is 28.5. The van der Waals surface area contributed by atoms with Crippen molar-refractivity contribution < 1.29 is 9.21 Å². The Labute approximate surface area is 210 Å². The number of pyridine rings is 1. The van der Waals surface area contributed by atoms with Crippen molar-refractivity contribution in [2.24, 2.45) is 0 Å². The molecule has 1 N–H and O–H groups in total.